The smallest absolute Gasteiger partial charge is 0.156 e. The molecule has 0 saturated heterocycles. The monoisotopic (exact) mass is 207 g/mol. The zero-order valence-corrected chi connectivity index (χ0v) is 8.77. The van der Waals surface area contributed by atoms with E-state index in [2.05, 4.69) is 6.58 Å². The van der Waals surface area contributed by atoms with Crippen LogP contribution in [0.2, 0.25) is 0 Å². The molecule has 0 rings (SSSR count). The van der Waals surface area contributed by atoms with Crippen molar-refractivity contribution in [2.24, 2.45) is 5.73 Å². The molecule has 0 radical (unpaired) electrons. The summed E-state index contributed by atoms with van der Waals surface area (Å²) in [5.74, 6) is 0.0822. The highest BCUT2D eigenvalue weighted by Crippen LogP contribution is 1.97. The van der Waals surface area contributed by atoms with Crippen molar-refractivity contribution in [1.82, 2.24) is 0 Å². The molecule has 0 aliphatic heterocycles. The Morgan fingerprint density at radius 1 is 1.46 bits per heavy atom. The molecule has 78 valence electrons. The number of hydrogen-bond donors (Lipinski definition) is 1. The van der Waals surface area contributed by atoms with Gasteiger partial charge in [0.1, 0.15) is 0 Å². The third kappa shape index (κ3) is 7.95. The number of rotatable bonds is 7. The van der Waals surface area contributed by atoms with E-state index in [4.69, 9.17) is 10.5 Å². The van der Waals surface area contributed by atoms with Gasteiger partial charge in [0, 0.05) is 6.54 Å². The van der Waals surface area contributed by atoms with Gasteiger partial charge in [-0.1, -0.05) is 12.2 Å². The van der Waals surface area contributed by atoms with E-state index in [0.717, 1.165) is 0 Å². The third-order valence-corrected chi connectivity index (χ3v) is 2.99. The van der Waals surface area contributed by atoms with Crippen molar-refractivity contribution < 1.29 is 13.2 Å². The molecule has 13 heavy (non-hydrogen) atoms. The van der Waals surface area contributed by atoms with Crippen LogP contribution in [0.3, 0.4) is 0 Å². The summed E-state index contributed by atoms with van der Waals surface area (Å²) < 4.78 is 27.4. The topological polar surface area (TPSA) is 69.4 Å². The highest BCUT2D eigenvalue weighted by Gasteiger charge is 2.09. The van der Waals surface area contributed by atoms with Gasteiger partial charge in [-0.05, 0) is 6.92 Å². The van der Waals surface area contributed by atoms with Gasteiger partial charge in [0.2, 0.25) is 0 Å². The standard InChI is InChI=1S/C8H17NO3S/c1-8(2)7-13(10,11)6-5-12-4-3-9/h1,3-7,9H2,2H3. The molecule has 0 atom stereocenters. The van der Waals surface area contributed by atoms with Crippen LogP contribution >= 0.6 is 0 Å². The molecule has 0 aromatic carbocycles. The van der Waals surface area contributed by atoms with Crippen LogP contribution in [0, 0.1) is 0 Å². The van der Waals surface area contributed by atoms with Crippen LogP contribution < -0.4 is 5.73 Å². The van der Waals surface area contributed by atoms with Gasteiger partial charge in [0.15, 0.2) is 9.84 Å². The first-order valence-electron chi connectivity index (χ1n) is 4.10. The minimum atomic E-state index is -3.03. The molecule has 0 saturated carbocycles. The Morgan fingerprint density at radius 2 is 2.08 bits per heavy atom. The van der Waals surface area contributed by atoms with Crippen LogP contribution in [0.1, 0.15) is 6.92 Å². The Balaban J connectivity index is 3.71. The maximum atomic E-state index is 11.2. The summed E-state index contributed by atoms with van der Waals surface area (Å²) in [4.78, 5) is 0. The molecule has 0 aromatic heterocycles. The first-order valence-corrected chi connectivity index (χ1v) is 5.92. The molecule has 0 amide bonds. The summed E-state index contributed by atoms with van der Waals surface area (Å²) in [6, 6.07) is 0. The molecule has 0 fully saturated rings. The number of sulfone groups is 1. The quantitative estimate of drug-likeness (QED) is 0.469. The molecule has 0 heterocycles. The lowest BCUT2D eigenvalue weighted by atomic mass is 10.4. The van der Waals surface area contributed by atoms with Gasteiger partial charge in [-0.25, -0.2) is 8.42 Å². The first kappa shape index (κ1) is 12.6. The van der Waals surface area contributed by atoms with E-state index in [-0.39, 0.29) is 18.1 Å². The molecule has 4 nitrogen and oxygen atoms in total. The van der Waals surface area contributed by atoms with E-state index < -0.39 is 9.84 Å². The van der Waals surface area contributed by atoms with Gasteiger partial charge in [-0.15, -0.1) is 0 Å². The molecule has 2 N–H and O–H groups in total. The highest BCUT2D eigenvalue weighted by molar-refractivity contribution is 7.91. The Morgan fingerprint density at radius 3 is 2.54 bits per heavy atom. The maximum Gasteiger partial charge on any atom is 0.156 e. The van der Waals surface area contributed by atoms with Crippen LogP contribution in [-0.2, 0) is 14.6 Å². The minimum absolute atomic E-state index is 0.0407. The first-order chi connectivity index (χ1) is 5.98. The Bertz CT molecular complexity index is 246. The van der Waals surface area contributed by atoms with Crippen LogP contribution in [0.25, 0.3) is 0 Å². The highest BCUT2D eigenvalue weighted by atomic mass is 32.2. The van der Waals surface area contributed by atoms with E-state index in [0.29, 0.717) is 18.7 Å². The molecule has 0 unspecified atom stereocenters. The zero-order chi connectivity index (χ0) is 10.3. The second kappa shape index (κ2) is 6.12. The molecule has 0 aromatic rings. The zero-order valence-electron chi connectivity index (χ0n) is 7.95. The van der Waals surface area contributed by atoms with Crippen LogP contribution in [0.4, 0.5) is 0 Å². The summed E-state index contributed by atoms with van der Waals surface area (Å²) in [6.07, 6.45) is 0. The average Bonchev–Trinajstić information content (AvgIpc) is 1.95. The van der Waals surface area contributed by atoms with E-state index in [1.807, 2.05) is 0 Å². The lowest BCUT2D eigenvalue weighted by Crippen LogP contribution is -2.18. The predicted octanol–water partition coefficient (Wildman–Crippen LogP) is -0.0474. The second-order valence-electron chi connectivity index (χ2n) is 2.95. The van der Waals surface area contributed by atoms with Crippen molar-refractivity contribution in [1.29, 1.82) is 0 Å². The Hall–Kier alpha value is -0.390. The van der Waals surface area contributed by atoms with Gasteiger partial charge < -0.3 is 10.5 Å². The maximum absolute atomic E-state index is 11.2. The van der Waals surface area contributed by atoms with Crippen molar-refractivity contribution >= 4 is 9.84 Å². The van der Waals surface area contributed by atoms with Gasteiger partial charge >= 0.3 is 0 Å². The van der Waals surface area contributed by atoms with Crippen molar-refractivity contribution in [2.45, 2.75) is 6.92 Å². The number of ether oxygens (including phenoxy) is 1. The number of nitrogens with two attached hydrogens (primary N) is 1. The van der Waals surface area contributed by atoms with Crippen molar-refractivity contribution in [2.75, 3.05) is 31.3 Å². The summed E-state index contributed by atoms with van der Waals surface area (Å²) in [6.45, 7) is 6.28. The lowest BCUT2D eigenvalue weighted by molar-refractivity contribution is 0.157. The van der Waals surface area contributed by atoms with Crippen molar-refractivity contribution in [3.05, 3.63) is 12.2 Å². The largest absolute Gasteiger partial charge is 0.379 e. The predicted molar refractivity (Wildman–Crippen MR) is 53.3 cm³/mol. The van der Waals surface area contributed by atoms with E-state index in [9.17, 15) is 8.42 Å². The summed E-state index contributed by atoms with van der Waals surface area (Å²) in [7, 11) is -3.03. The van der Waals surface area contributed by atoms with E-state index in [1.54, 1.807) is 6.92 Å². The molecule has 0 aliphatic carbocycles. The minimum Gasteiger partial charge on any atom is -0.379 e. The summed E-state index contributed by atoms with van der Waals surface area (Å²) in [5.41, 5.74) is 5.82. The molecule has 0 aliphatic rings. The van der Waals surface area contributed by atoms with Gasteiger partial charge in [0.25, 0.3) is 0 Å². The molecular weight excluding hydrogens is 190 g/mol. The van der Waals surface area contributed by atoms with Gasteiger partial charge in [0.05, 0.1) is 24.7 Å². The molecule has 5 heteroatoms. The number of hydrogen-bond acceptors (Lipinski definition) is 4. The van der Waals surface area contributed by atoms with Crippen LogP contribution in [0.5, 0.6) is 0 Å². The van der Waals surface area contributed by atoms with Crippen molar-refractivity contribution in [3.8, 4) is 0 Å². The Kier molecular flexibility index (Phi) is 5.94. The fourth-order valence-electron chi connectivity index (χ4n) is 0.819. The van der Waals surface area contributed by atoms with Crippen LogP contribution in [0.15, 0.2) is 12.2 Å². The molecular formula is C8H17NO3S. The van der Waals surface area contributed by atoms with Gasteiger partial charge in [-0.3, -0.25) is 0 Å². The second-order valence-corrected chi connectivity index (χ2v) is 5.13. The van der Waals surface area contributed by atoms with E-state index >= 15 is 0 Å². The molecule has 0 bridgehead atoms. The van der Waals surface area contributed by atoms with Gasteiger partial charge in [-0.2, -0.15) is 0 Å². The lowest BCUT2D eigenvalue weighted by Gasteiger charge is -2.04. The third-order valence-electron chi connectivity index (χ3n) is 1.27. The SMILES string of the molecule is C=C(C)CS(=O)(=O)CCOCCN. The molecule has 0 spiro atoms. The summed E-state index contributed by atoms with van der Waals surface area (Å²) >= 11 is 0. The average molecular weight is 207 g/mol. The summed E-state index contributed by atoms with van der Waals surface area (Å²) in [5, 5.41) is 0. The normalized spacial score (nSPS) is 11.5. The fourth-order valence-corrected chi connectivity index (χ4v) is 2.09. The van der Waals surface area contributed by atoms with Crippen molar-refractivity contribution in [3.63, 3.8) is 0 Å². The fraction of sp³-hybridized carbons (Fsp3) is 0.750. The van der Waals surface area contributed by atoms with E-state index in [1.165, 1.54) is 0 Å². The Labute approximate surface area is 79.7 Å². The van der Waals surface area contributed by atoms with Crippen LogP contribution in [-0.4, -0.2) is 39.7 Å².